The summed E-state index contributed by atoms with van der Waals surface area (Å²) >= 11 is 0. The Morgan fingerprint density at radius 3 is 1.84 bits per heavy atom. The number of halogens is 1. The molecular weight excluding hydrogens is 405 g/mol. The van der Waals surface area contributed by atoms with E-state index in [0.717, 1.165) is 6.54 Å². The zero-order valence-corrected chi connectivity index (χ0v) is 16.2. The van der Waals surface area contributed by atoms with Gasteiger partial charge in [0.2, 0.25) is 0 Å². The average molecular weight is 425 g/mol. The quantitative estimate of drug-likeness (QED) is 0.488. The molecule has 19 heavy (non-hydrogen) atoms. The molecule has 0 aliphatic heterocycles. The summed E-state index contributed by atoms with van der Waals surface area (Å²) in [6.07, 6.45) is 0. The Morgan fingerprint density at radius 1 is 0.947 bits per heavy atom. The first-order valence-corrected chi connectivity index (χ1v) is 5.30. The molecule has 0 bridgehead atoms. The van der Waals surface area contributed by atoms with Crippen molar-refractivity contribution >= 4 is 23.9 Å². The van der Waals surface area contributed by atoms with Crippen molar-refractivity contribution in [3.63, 3.8) is 0 Å². The summed E-state index contributed by atoms with van der Waals surface area (Å²) in [7, 11) is 4.12. The molecule has 0 radical (unpaired) electrons. The van der Waals surface area contributed by atoms with Crippen LogP contribution >= 0.6 is 0 Å². The summed E-state index contributed by atoms with van der Waals surface area (Å²) in [4.78, 5) is 2.14. The van der Waals surface area contributed by atoms with E-state index in [1.807, 2.05) is 48.5 Å². The van der Waals surface area contributed by atoms with Gasteiger partial charge in [-0.05, 0) is 20.6 Å². The van der Waals surface area contributed by atoms with Crippen LogP contribution in [0.15, 0.2) is 54.6 Å². The van der Waals surface area contributed by atoms with E-state index in [2.05, 4.69) is 37.2 Å². The van der Waals surface area contributed by atoms with Crippen LogP contribution in [-0.4, -0.2) is 42.9 Å². The molecule has 0 saturated carbocycles. The number of hydrogen-bond acceptors (Lipinski definition) is 1. The van der Waals surface area contributed by atoms with Gasteiger partial charge in [-0.25, -0.2) is 0 Å². The first-order chi connectivity index (χ1) is 7.79. The summed E-state index contributed by atoms with van der Waals surface area (Å²) in [5.74, 6) is 0. The van der Waals surface area contributed by atoms with Crippen LogP contribution in [-0.2, 0) is 6.54 Å². The normalized spacial score (nSPS) is 7.95. The molecule has 0 saturated heterocycles. The van der Waals surface area contributed by atoms with E-state index in [4.69, 9.17) is 0 Å². The minimum Gasteiger partial charge on any atom is -1.00 e. The third-order valence-electron chi connectivity index (χ3n) is 1.88. The minimum absolute atomic E-state index is 0. The van der Waals surface area contributed by atoms with E-state index in [1.54, 1.807) is 0 Å². The fraction of sp³-hybridized carbons (Fsp3) is 0.188. The average Bonchev–Trinajstić information content (AvgIpc) is 2.32. The van der Waals surface area contributed by atoms with E-state index in [-0.39, 0.29) is 48.3 Å². The van der Waals surface area contributed by atoms with Gasteiger partial charge in [-0.1, -0.05) is 0 Å². The second-order valence-electron chi connectivity index (χ2n) is 3.73. The van der Waals surface area contributed by atoms with Crippen molar-refractivity contribution in [1.82, 2.24) is 4.90 Å². The van der Waals surface area contributed by atoms with Gasteiger partial charge in [0.1, 0.15) is 0 Å². The van der Waals surface area contributed by atoms with Crippen molar-refractivity contribution < 1.29 is 17.0 Å². The summed E-state index contributed by atoms with van der Waals surface area (Å²) in [5, 5.41) is 0. The Morgan fingerprint density at radius 2 is 1.53 bits per heavy atom. The summed E-state index contributed by atoms with van der Waals surface area (Å²) in [5.41, 5.74) is 1.31. The van der Waals surface area contributed by atoms with Crippen LogP contribution in [0.1, 0.15) is 5.56 Å². The van der Waals surface area contributed by atoms with E-state index in [0.29, 0.717) is 0 Å². The summed E-state index contributed by atoms with van der Waals surface area (Å²) < 4.78 is 0. The van der Waals surface area contributed by atoms with Crippen molar-refractivity contribution in [1.29, 1.82) is 0 Å². The molecule has 0 N–H and O–H groups in total. The molecule has 1 nitrogen and oxygen atoms in total. The number of hydrogen-bond donors (Lipinski definition) is 0. The SMILES string of the molecule is CN(C)Cc1c[c-]ccc1.[Br-].[CH3-].[Sn+4].[c-]1ccccc1. The van der Waals surface area contributed by atoms with Gasteiger partial charge >= 0.3 is 23.9 Å². The molecular formula is C16H20BrNSn. The zero-order chi connectivity index (χ0) is 11.6. The molecule has 0 unspecified atom stereocenters. The minimum atomic E-state index is 0. The van der Waals surface area contributed by atoms with Crippen LogP contribution in [0.3, 0.4) is 0 Å². The largest absolute Gasteiger partial charge is 4.00 e. The molecule has 0 heterocycles. The molecule has 0 amide bonds. The third-order valence-corrected chi connectivity index (χ3v) is 1.88. The van der Waals surface area contributed by atoms with Gasteiger partial charge in [-0.15, -0.1) is 5.56 Å². The molecule has 2 rings (SSSR count). The van der Waals surface area contributed by atoms with Crippen molar-refractivity contribution in [2.24, 2.45) is 0 Å². The van der Waals surface area contributed by atoms with Crippen LogP contribution in [0.2, 0.25) is 0 Å². The maximum atomic E-state index is 3.04. The number of rotatable bonds is 2. The Balaban J connectivity index is -0.000000252. The number of benzene rings is 2. The van der Waals surface area contributed by atoms with Crippen LogP contribution in [0.5, 0.6) is 0 Å². The van der Waals surface area contributed by atoms with Crippen LogP contribution in [0, 0.1) is 19.6 Å². The Labute approximate surface area is 145 Å². The number of nitrogens with zero attached hydrogens (tertiary/aromatic N) is 1. The summed E-state index contributed by atoms with van der Waals surface area (Å²) in [6, 6.07) is 23.6. The molecule has 0 aromatic heterocycles. The Bertz CT molecular complexity index is 338. The van der Waals surface area contributed by atoms with Crippen molar-refractivity contribution in [2.75, 3.05) is 14.1 Å². The predicted octanol–water partition coefficient (Wildman–Crippen LogP) is 0.109. The Kier molecular flexibility index (Phi) is 19.7. The van der Waals surface area contributed by atoms with Gasteiger partial charge in [0.25, 0.3) is 0 Å². The topological polar surface area (TPSA) is 3.24 Å². The second kappa shape index (κ2) is 15.7. The zero-order valence-electron chi connectivity index (χ0n) is 11.7. The van der Waals surface area contributed by atoms with Crippen molar-refractivity contribution in [3.8, 4) is 0 Å². The standard InChI is InChI=1S/C9H12N.C6H5.CH3.BrH.Sn/c1-10(2)8-9-6-4-3-5-7-9;1-2-4-6-5-3-1;;;/h3-4,6-7H,8H2,1-2H3;1-5H;1H3;1H;/q3*-1;;+4/p-1. The van der Waals surface area contributed by atoms with Crippen LogP contribution in [0.25, 0.3) is 0 Å². The van der Waals surface area contributed by atoms with Crippen molar-refractivity contribution in [3.05, 3.63) is 79.7 Å². The van der Waals surface area contributed by atoms with Crippen LogP contribution < -0.4 is 17.0 Å². The maximum absolute atomic E-state index is 3.04. The van der Waals surface area contributed by atoms with Gasteiger partial charge in [-0.3, -0.25) is 0 Å². The van der Waals surface area contributed by atoms with Gasteiger partial charge in [0, 0.05) is 0 Å². The predicted molar refractivity (Wildman–Crippen MR) is 80.1 cm³/mol. The fourth-order valence-corrected chi connectivity index (χ4v) is 1.24. The van der Waals surface area contributed by atoms with Gasteiger partial charge in [0.05, 0.1) is 0 Å². The van der Waals surface area contributed by atoms with E-state index in [9.17, 15) is 0 Å². The maximum Gasteiger partial charge on any atom is 4.00 e. The first-order valence-electron chi connectivity index (χ1n) is 5.30. The van der Waals surface area contributed by atoms with Gasteiger partial charge in [-0.2, -0.15) is 66.7 Å². The van der Waals surface area contributed by atoms with E-state index >= 15 is 0 Å². The monoisotopic (exact) mass is 425 g/mol. The third kappa shape index (κ3) is 13.9. The molecule has 0 aliphatic carbocycles. The molecule has 3 heteroatoms. The molecule has 0 atom stereocenters. The summed E-state index contributed by atoms with van der Waals surface area (Å²) in [6.45, 7) is 0.997. The molecule has 2 aromatic carbocycles. The van der Waals surface area contributed by atoms with Gasteiger partial charge in [0.15, 0.2) is 0 Å². The van der Waals surface area contributed by atoms with Crippen molar-refractivity contribution in [2.45, 2.75) is 6.54 Å². The fourth-order valence-electron chi connectivity index (χ4n) is 1.24. The second-order valence-corrected chi connectivity index (χ2v) is 3.73. The molecule has 0 aliphatic rings. The van der Waals surface area contributed by atoms with E-state index < -0.39 is 0 Å². The molecule has 100 valence electrons. The molecule has 0 fully saturated rings. The van der Waals surface area contributed by atoms with Gasteiger partial charge < -0.3 is 29.3 Å². The molecule has 2 aromatic rings. The van der Waals surface area contributed by atoms with E-state index in [1.165, 1.54) is 5.56 Å². The first kappa shape index (κ1) is 23.7. The van der Waals surface area contributed by atoms with Crippen LogP contribution in [0.4, 0.5) is 0 Å². The Hall–Kier alpha value is -0.321. The smallest absolute Gasteiger partial charge is 1.00 e. The molecule has 0 spiro atoms.